The van der Waals surface area contributed by atoms with Gasteiger partial charge in [-0.2, -0.15) is 8.42 Å². The van der Waals surface area contributed by atoms with E-state index in [0.717, 1.165) is 41.9 Å². The second-order valence-electron chi connectivity index (χ2n) is 11.0. The summed E-state index contributed by atoms with van der Waals surface area (Å²) in [5.41, 5.74) is 6.05. The van der Waals surface area contributed by atoms with Crippen LogP contribution in [0.4, 0.5) is 0 Å². The third kappa shape index (κ3) is 6.86. The first-order chi connectivity index (χ1) is 20.1. The number of pyridine rings is 2. The first kappa shape index (κ1) is 29.4. The van der Waals surface area contributed by atoms with Crippen molar-refractivity contribution in [3.8, 4) is 22.9 Å². The van der Waals surface area contributed by atoms with Crippen LogP contribution in [0.3, 0.4) is 0 Å². The highest BCUT2D eigenvalue weighted by Crippen LogP contribution is 2.33. The number of hydrogen-bond acceptors (Lipinski definition) is 7. The van der Waals surface area contributed by atoms with Crippen molar-refractivity contribution in [2.24, 2.45) is 0 Å². The lowest BCUT2D eigenvalue weighted by atomic mass is 10.0. The highest BCUT2D eigenvalue weighted by Gasteiger charge is 2.25. The van der Waals surface area contributed by atoms with Gasteiger partial charge in [-0.15, -0.1) is 0 Å². The Morgan fingerprint density at radius 3 is 2.33 bits per heavy atom. The fraction of sp³-hybridized carbons (Fsp3) is 0.303. The van der Waals surface area contributed by atoms with Crippen molar-refractivity contribution in [1.82, 2.24) is 19.6 Å². The predicted molar refractivity (Wildman–Crippen MR) is 167 cm³/mol. The highest BCUT2D eigenvalue weighted by atomic mass is 32.2. The van der Waals surface area contributed by atoms with E-state index in [1.807, 2.05) is 45.0 Å². The maximum Gasteiger partial charge on any atom is 0.281 e. The van der Waals surface area contributed by atoms with Crippen molar-refractivity contribution in [3.63, 3.8) is 0 Å². The van der Waals surface area contributed by atoms with Gasteiger partial charge in [0.1, 0.15) is 11.3 Å². The van der Waals surface area contributed by atoms with Crippen molar-refractivity contribution in [2.75, 3.05) is 13.1 Å². The molecule has 0 saturated carbocycles. The zero-order chi connectivity index (χ0) is 29.9. The zero-order valence-electron chi connectivity index (χ0n) is 24.5. The van der Waals surface area contributed by atoms with Crippen molar-refractivity contribution >= 4 is 15.9 Å². The van der Waals surface area contributed by atoms with Gasteiger partial charge in [-0.3, -0.25) is 9.69 Å². The number of aryl methyl sites for hydroxylation is 4. The molecule has 0 radical (unpaired) electrons. The molecule has 0 aliphatic carbocycles. The number of ether oxygens (including phenoxy) is 1. The second-order valence-corrected chi connectivity index (χ2v) is 12.6. The number of nitrogens with zero attached hydrogens (tertiary/aromatic N) is 3. The Morgan fingerprint density at radius 1 is 0.905 bits per heavy atom. The molecule has 222 valence electrons. The monoisotopic (exact) mass is 588 g/mol. The van der Waals surface area contributed by atoms with Gasteiger partial charge in [-0.25, -0.2) is 14.7 Å². The molecule has 1 amide bonds. The van der Waals surface area contributed by atoms with E-state index in [4.69, 9.17) is 9.72 Å². The molecule has 1 saturated heterocycles. The molecule has 0 bridgehead atoms. The van der Waals surface area contributed by atoms with E-state index >= 15 is 0 Å². The number of amides is 1. The largest absolute Gasteiger partial charge is 0.438 e. The summed E-state index contributed by atoms with van der Waals surface area (Å²) in [7, 11) is -4.22. The molecular weight excluding hydrogens is 548 g/mol. The molecular formula is C33H40N4O4S. The minimum absolute atomic E-state index is 0. The van der Waals surface area contributed by atoms with E-state index in [2.05, 4.69) is 26.7 Å². The number of aromatic nitrogens is 2. The summed E-state index contributed by atoms with van der Waals surface area (Å²) in [6.45, 7) is 10.6. The van der Waals surface area contributed by atoms with Gasteiger partial charge in [-0.1, -0.05) is 48.4 Å². The molecule has 2 aromatic carbocycles. The number of carbonyl (C=O) groups excluding carboxylic acids is 1. The molecule has 2 aromatic heterocycles. The van der Waals surface area contributed by atoms with Crippen LogP contribution in [0.25, 0.3) is 11.3 Å². The third-order valence-corrected chi connectivity index (χ3v) is 8.58. The summed E-state index contributed by atoms with van der Waals surface area (Å²) in [5.74, 6) is -0.260. The third-order valence-electron chi connectivity index (χ3n) is 7.35. The van der Waals surface area contributed by atoms with E-state index in [1.165, 1.54) is 30.9 Å². The first-order valence-corrected chi connectivity index (χ1v) is 15.7. The number of carbonyl (C=O) groups is 1. The quantitative estimate of drug-likeness (QED) is 0.242. The van der Waals surface area contributed by atoms with Gasteiger partial charge < -0.3 is 4.74 Å². The van der Waals surface area contributed by atoms with Crippen molar-refractivity contribution in [2.45, 2.75) is 58.5 Å². The van der Waals surface area contributed by atoms with Crippen LogP contribution in [-0.2, 0) is 16.6 Å². The van der Waals surface area contributed by atoms with Crippen molar-refractivity contribution in [1.29, 1.82) is 0 Å². The molecule has 42 heavy (non-hydrogen) atoms. The molecule has 1 fully saturated rings. The van der Waals surface area contributed by atoms with Gasteiger partial charge in [0.15, 0.2) is 5.03 Å². The number of rotatable bonds is 8. The van der Waals surface area contributed by atoms with Crippen molar-refractivity contribution < 1.29 is 20.8 Å². The Hall–Kier alpha value is -4.08. The second kappa shape index (κ2) is 12.4. The van der Waals surface area contributed by atoms with E-state index in [-0.39, 0.29) is 19.3 Å². The normalized spacial score (nSPS) is 14.0. The Morgan fingerprint density at radius 2 is 1.62 bits per heavy atom. The average Bonchev–Trinajstić information content (AvgIpc) is 2.95. The molecule has 8 nitrogen and oxygen atoms in total. The average molecular weight is 589 g/mol. The van der Waals surface area contributed by atoms with Crippen LogP contribution in [0.5, 0.6) is 11.6 Å². The SMILES string of the molecule is Cc1cc(C)c(Oc2nc(-c3cccc(CN4CCCCC4)c3)ccc2C(=O)NS(=O)(=O)c2cccc(C)n2)c(C)c1.[HH].[HH]. The van der Waals surface area contributed by atoms with Crippen LogP contribution in [0.15, 0.2) is 71.8 Å². The molecule has 0 unspecified atom stereocenters. The van der Waals surface area contributed by atoms with Crippen LogP contribution in [-0.4, -0.2) is 42.3 Å². The molecule has 0 atom stereocenters. The van der Waals surface area contributed by atoms with Gasteiger partial charge in [0.2, 0.25) is 5.88 Å². The standard InChI is InChI=1S/C33H36N4O4S.2H2/c1-22-18-23(2)31(24(3)19-22)41-33-28(32(38)36-42(39,40)30-13-8-10-25(4)34-30)14-15-29(35-33)27-12-9-11-26(20-27)21-37-16-6-5-7-17-37;;/h8-15,18-20H,5-7,16-17,21H2,1-4H3,(H,36,38);2*1H. The lowest BCUT2D eigenvalue weighted by molar-refractivity contribution is 0.0978. The summed E-state index contributed by atoms with van der Waals surface area (Å²) in [5, 5.41) is -0.237. The van der Waals surface area contributed by atoms with Gasteiger partial charge in [-0.05, 0) is 101 Å². The smallest absolute Gasteiger partial charge is 0.281 e. The van der Waals surface area contributed by atoms with E-state index in [0.29, 0.717) is 17.1 Å². The zero-order valence-corrected chi connectivity index (χ0v) is 25.3. The number of benzene rings is 2. The van der Waals surface area contributed by atoms with Gasteiger partial charge >= 0.3 is 0 Å². The maximum atomic E-state index is 13.4. The summed E-state index contributed by atoms with van der Waals surface area (Å²) < 4.78 is 34.5. The summed E-state index contributed by atoms with van der Waals surface area (Å²) in [4.78, 5) is 24.7. The summed E-state index contributed by atoms with van der Waals surface area (Å²) >= 11 is 0. The fourth-order valence-electron chi connectivity index (χ4n) is 5.38. The minimum atomic E-state index is -4.22. The predicted octanol–water partition coefficient (Wildman–Crippen LogP) is 6.77. The van der Waals surface area contributed by atoms with E-state index < -0.39 is 15.9 Å². The molecule has 1 aliphatic rings. The molecule has 1 aliphatic heterocycles. The minimum Gasteiger partial charge on any atom is -0.438 e. The Balaban J connectivity index is 0.00000264. The molecule has 4 aromatic rings. The van der Waals surface area contributed by atoms with Crippen LogP contribution in [0.1, 0.15) is 60.4 Å². The van der Waals surface area contributed by atoms with Crippen LogP contribution in [0.2, 0.25) is 0 Å². The van der Waals surface area contributed by atoms with E-state index in [1.54, 1.807) is 31.2 Å². The molecule has 3 heterocycles. The lowest BCUT2D eigenvalue weighted by Gasteiger charge is -2.26. The Kier molecular flexibility index (Phi) is 8.70. The molecule has 1 N–H and O–H groups in total. The fourth-order valence-corrected chi connectivity index (χ4v) is 6.36. The number of piperidine rings is 1. The van der Waals surface area contributed by atoms with Crippen LogP contribution >= 0.6 is 0 Å². The Bertz CT molecular complexity index is 1720. The highest BCUT2D eigenvalue weighted by molar-refractivity contribution is 7.90. The van der Waals surface area contributed by atoms with Crippen LogP contribution in [0, 0.1) is 27.7 Å². The first-order valence-electron chi connectivity index (χ1n) is 14.2. The number of nitrogens with one attached hydrogen (secondary N) is 1. The number of sulfonamides is 1. The summed E-state index contributed by atoms with van der Waals surface area (Å²) in [6, 6.07) is 20.1. The maximum absolute atomic E-state index is 13.4. The number of hydrogen-bond donors (Lipinski definition) is 1. The van der Waals surface area contributed by atoms with Gasteiger partial charge in [0.25, 0.3) is 15.9 Å². The van der Waals surface area contributed by atoms with E-state index in [9.17, 15) is 13.2 Å². The van der Waals surface area contributed by atoms with Crippen molar-refractivity contribution in [3.05, 3.63) is 100 Å². The van der Waals surface area contributed by atoms with Crippen LogP contribution < -0.4 is 9.46 Å². The Labute approximate surface area is 250 Å². The molecule has 5 rings (SSSR count). The topological polar surface area (TPSA) is 101 Å². The van der Waals surface area contributed by atoms with Gasteiger partial charge in [0.05, 0.1) is 5.69 Å². The van der Waals surface area contributed by atoms with Gasteiger partial charge in [0, 0.05) is 20.7 Å². The lowest BCUT2D eigenvalue weighted by Crippen LogP contribution is -2.31. The summed E-state index contributed by atoms with van der Waals surface area (Å²) in [6.07, 6.45) is 3.73. The molecule has 0 spiro atoms. The number of likely N-dealkylation sites (tertiary alicyclic amines) is 1. The molecule has 9 heteroatoms.